The van der Waals surface area contributed by atoms with Gasteiger partial charge in [0.05, 0.1) is 6.33 Å². The third-order valence-corrected chi connectivity index (χ3v) is 6.18. The average molecular weight is 398 g/mol. The van der Waals surface area contributed by atoms with Crippen molar-refractivity contribution in [1.29, 1.82) is 5.26 Å². The van der Waals surface area contributed by atoms with Crippen LogP contribution >= 0.6 is 0 Å². The third kappa shape index (κ3) is 4.02. The lowest BCUT2D eigenvalue weighted by Crippen LogP contribution is -2.43. The van der Waals surface area contributed by atoms with Crippen LogP contribution in [0.3, 0.4) is 0 Å². The lowest BCUT2D eigenvalue weighted by atomic mass is 9.85. The molecule has 0 atom stereocenters. The Morgan fingerprint density at radius 2 is 1.76 bits per heavy atom. The van der Waals surface area contributed by atoms with E-state index in [2.05, 4.69) is 11.1 Å². The molecule has 1 saturated heterocycles. The molecule has 0 bridgehead atoms. The van der Waals surface area contributed by atoms with E-state index in [0.29, 0.717) is 24.5 Å². The molecule has 1 amide bonds. The van der Waals surface area contributed by atoms with Crippen molar-refractivity contribution in [2.24, 2.45) is 5.92 Å². The van der Waals surface area contributed by atoms with Crippen molar-refractivity contribution in [3.05, 3.63) is 42.4 Å². The van der Waals surface area contributed by atoms with Gasteiger partial charge in [-0.25, -0.2) is 13.8 Å². The van der Waals surface area contributed by atoms with Crippen molar-refractivity contribution in [2.45, 2.75) is 50.5 Å². The minimum absolute atomic E-state index is 0.00932. The highest BCUT2D eigenvalue weighted by Crippen LogP contribution is 2.37. The van der Waals surface area contributed by atoms with Crippen LogP contribution in [0.25, 0.3) is 11.3 Å². The Hall–Kier alpha value is -2.75. The largest absolute Gasteiger partial charge is 0.342 e. The molecule has 1 saturated carbocycles. The lowest BCUT2D eigenvalue weighted by Gasteiger charge is -2.36. The summed E-state index contributed by atoms with van der Waals surface area (Å²) in [5, 5.41) is 9.70. The summed E-state index contributed by atoms with van der Waals surface area (Å²) in [6.45, 7) is 1.17. The highest BCUT2D eigenvalue weighted by molar-refractivity contribution is 5.79. The fourth-order valence-corrected chi connectivity index (χ4v) is 4.47. The number of benzene rings is 1. The summed E-state index contributed by atoms with van der Waals surface area (Å²) in [7, 11) is 0. The quantitative estimate of drug-likeness (QED) is 0.769. The number of hydrogen-bond acceptors (Lipinski definition) is 3. The number of carbonyl (C=O) groups excluding carboxylic acids is 1. The summed E-state index contributed by atoms with van der Waals surface area (Å²) in [5.74, 6) is -2.89. The van der Waals surface area contributed by atoms with Gasteiger partial charge in [0.2, 0.25) is 11.8 Å². The first-order valence-corrected chi connectivity index (χ1v) is 10.2. The number of aromatic nitrogens is 2. The maximum Gasteiger partial charge on any atom is 0.248 e. The zero-order valence-electron chi connectivity index (χ0n) is 16.2. The van der Waals surface area contributed by atoms with Crippen molar-refractivity contribution in [1.82, 2.24) is 14.5 Å². The molecule has 0 spiro atoms. The number of carbonyl (C=O) groups is 1. The van der Waals surface area contributed by atoms with Crippen LogP contribution < -0.4 is 0 Å². The molecule has 1 aromatic heterocycles. The second-order valence-corrected chi connectivity index (χ2v) is 8.01. The Labute approximate surface area is 169 Å². The van der Waals surface area contributed by atoms with Gasteiger partial charge in [-0.2, -0.15) is 5.26 Å². The molecule has 1 aliphatic carbocycles. The van der Waals surface area contributed by atoms with E-state index in [4.69, 9.17) is 0 Å². The molecule has 29 heavy (non-hydrogen) atoms. The molecule has 152 valence electrons. The molecule has 7 heteroatoms. The third-order valence-electron chi connectivity index (χ3n) is 6.18. The number of piperidine rings is 1. The monoisotopic (exact) mass is 398 g/mol. The summed E-state index contributed by atoms with van der Waals surface area (Å²) in [6, 6.07) is 12.0. The molecule has 1 aromatic carbocycles. The van der Waals surface area contributed by atoms with Gasteiger partial charge in [0, 0.05) is 43.5 Å². The average Bonchev–Trinajstić information content (AvgIpc) is 3.18. The fraction of sp³-hybridized carbons (Fsp3) is 0.500. The maximum atomic E-state index is 13.4. The predicted molar refractivity (Wildman–Crippen MR) is 104 cm³/mol. The molecule has 0 N–H and O–H groups in total. The predicted octanol–water partition coefficient (Wildman–Crippen LogP) is 4.41. The summed E-state index contributed by atoms with van der Waals surface area (Å²) >= 11 is 0. The molecule has 2 heterocycles. The van der Waals surface area contributed by atoms with E-state index in [9.17, 15) is 18.8 Å². The molecule has 2 aliphatic rings. The van der Waals surface area contributed by atoms with Crippen LogP contribution in [0.4, 0.5) is 8.78 Å². The highest BCUT2D eigenvalue weighted by atomic mass is 19.3. The topological polar surface area (TPSA) is 61.9 Å². The van der Waals surface area contributed by atoms with Crippen LogP contribution in [-0.4, -0.2) is 39.4 Å². The maximum absolute atomic E-state index is 13.4. The zero-order chi connectivity index (χ0) is 20.4. The van der Waals surface area contributed by atoms with Gasteiger partial charge in [-0.3, -0.25) is 4.79 Å². The second kappa shape index (κ2) is 7.94. The smallest absolute Gasteiger partial charge is 0.248 e. The SMILES string of the molecule is N#Cc1c(-c2ccccc2)ncn1C1CCN(C(=O)C2CCC(F)(F)CC2)CC1. The molecule has 0 unspecified atom stereocenters. The number of nitrogens with zero attached hydrogens (tertiary/aromatic N) is 4. The Bertz CT molecular complexity index is 901. The first kappa shape index (κ1) is 19.6. The van der Waals surface area contributed by atoms with Crippen molar-refractivity contribution >= 4 is 5.91 Å². The minimum Gasteiger partial charge on any atom is -0.342 e. The number of hydrogen-bond donors (Lipinski definition) is 0. The van der Waals surface area contributed by atoms with Crippen LogP contribution in [0, 0.1) is 17.2 Å². The number of rotatable bonds is 3. The first-order valence-electron chi connectivity index (χ1n) is 10.2. The van der Waals surface area contributed by atoms with Gasteiger partial charge >= 0.3 is 0 Å². The lowest BCUT2D eigenvalue weighted by molar-refractivity contribution is -0.141. The van der Waals surface area contributed by atoms with Crippen LogP contribution in [0.5, 0.6) is 0 Å². The number of alkyl halides is 2. The van der Waals surface area contributed by atoms with Crippen LogP contribution in [0.15, 0.2) is 36.7 Å². The molecule has 4 rings (SSSR count). The molecule has 1 aliphatic heterocycles. The number of likely N-dealkylation sites (tertiary alicyclic amines) is 1. The molecular formula is C22H24F2N4O. The van der Waals surface area contributed by atoms with Crippen molar-refractivity contribution in [3.63, 3.8) is 0 Å². The number of nitriles is 1. The van der Waals surface area contributed by atoms with Gasteiger partial charge in [0.1, 0.15) is 17.5 Å². The van der Waals surface area contributed by atoms with Crippen LogP contribution in [0.2, 0.25) is 0 Å². The first-order chi connectivity index (χ1) is 14.0. The van der Waals surface area contributed by atoms with Gasteiger partial charge in [-0.15, -0.1) is 0 Å². The molecule has 2 aromatic rings. The normalized spacial score (nSPS) is 20.4. The van der Waals surface area contributed by atoms with E-state index in [1.165, 1.54) is 0 Å². The molecule has 5 nitrogen and oxygen atoms in total. The highest BCUT2D eigenvalue weighted by Gasteiger charge is 2.39. The molecule has 2 fully saturated rings. The van der Waals surface area contributed by atoms with Gasteiger partial charge < -0.3 is 9.47 Å². The Morgan fingerprint density at radius 1 is 1.10 bits per heavy atom. The van der Waals surface area contributed by atoms with Crippen molar-refractivity contribution in [3.8, 4) is 17.3 Å². The number of imidazole rings is 1. The van der Waals surface area contributed by atoms with Gasteiger partial charge in [0.15, 0.2) is 0 Å². The number of amides is 1. The van der Waals surface area contributed by atoms with E-state index in [1.54, 1.807) is 6.33 Å². The van der Waals surface area contributed by atoms with Gasteiger partial charge in [-0.1, -0.05) is 30.3 Å². The summed E-state index contributed by atoms with van der Waals surface area (Å²) < 4.78 is 28.6. The zero-order valence-corrected chi connectivity index (χ0v) is 16.2. The van der Waals surface area contributed by atoms with Crippen molar-refractivity contribution in [2.75, 3.05) is 13.1 Å². The fourth-order valence-electron chi connectivity index (χ4n) is 4.47. The second-order valence-electron chi connectivity index (χ2n) is 8.01. The number of halogens is 2. The minimum atomic E-state index is -2.62. The summed E-state index contributed by atoms with van der Waals surface area (Å²) in [4.78, 5) is 19.0. The summed E-state index contributed by atoms with van der Waals surface area (Å²) in [6.07, 6.45) is 3.33. The Kier molecular flexibility index (Phi) is 5.35. The molecule has 0 radical (unpaired) electrons. The van der Waals surface area contributed by atoms with Crippen LogP contribution in [-0.2, 0) is 4.79 Å². The van der Waals surface area contributed by atoms with E-state index in [0.717, 1.165) is 18.4 Å². The van der Waals surface area contributed by atoms with Gasteiger partial charge in [-0.05, 0) is 25.7 Å². The van der Waals surface area contributed by atoms with E-state index in [-0.39, 0.29) is 43.6 Å². The Balaban J connectivity index is 1.41. The standard InChI is InChI=1S/C22H24F2N4O/c23-22(24)10-6-17(7-11-22)21(29)27-12-8-18(9-13-27)28-15-26-20(19(28)14-25)16-4-2-1-3-5-16/h1-5,15,17-18H,6-13H2. The molecular weight excluding hydrogens is 374 g/mol. The van der Waals surface area contributed by atoms with E-state index >= 15 is 0 Å². The summed E-state index contributed by atoms with van der Waals surface area (Å²) in [5.41, 5.74) is 2.12. The van der Waals surface area contributed by atoms with E-state index in [1.807, 2.05) is 39.8 Å². The Morgan fingerprint density at radius 3 is 2.38 bits per heavy atom. The van der Waals surface area contributed by atoms with Crippen LogP contribution in [0.1, 0.15) is 50.3 Å². The van der Waals surface area contributed by atoms with E-state index < -0.39 is 5.92 Å². The van der Waals surface area contributed by atoms with Gasteiger partial charge in [0.25, 0.3) is 0 Å². The van der Waals surface area contributed by atoms with Crippen molar-refractivity contribution < 1.29 is 13.6 Å².